The highest BCUT2D eigenvalue weighted by atomic mass is 32.2. The molecule has 2 amide bonds. The second kappa shape index (κ2) is 11.2. The average Bonchev–Trinajstić information content (AvgIpc) is 3.67. The number of benzene rings is 2. The Morgan fingerprint density at radius 3 is 2.51 bits per heavy atom. The van der Waals surface area contributed by atoms with Gasteiger partial charge in [0.2, 0.25) is 5.91 Å². The summed E-state index contributed by atoms with van der Waals surface area (Å²) in [5, 5.41) is 20.8. The number of rotatable bonds is 7. The lowest BCUT2D eigenvalue weighted by Gasteiger charge is -2.30. The van der Waals surface area contributed by atoms with Crippen molar-refractivity contribution in [2.24, 2.45) is 0 Å². The van der Waals surface area contributed by atoms with Crippen molar-refractivity contribution in [3.63, 3.8) is 0 Å². The molecule has 1 atom stereocenters. The number of carbonyl (C=O) groups is 2. The maximum absolute atomic E-state index is 13.9. The SMILES string of the molecule is O=C(CC1(c2ccc(-c3ccc(-c4cnco4)cc3)s2)CCN(C(=O)c2ccccc2[N+](=O)[O-])CCS1(=O)=O)NO. The molecule has 14 heteroatoms. The number of carbonyl (C=O) groups excluding carboxylic acids is 2. The Labute approximate surface area is 238 Å². The van der Waals surface area contributed by atoms with Crippen LogP contribution in [-0.2, 0) is 19.4 Å². The number of amides is 2. The molecule has 5 rings (SSSR count). The fourth-order valence-corrected chi connectivity index (χ4v) is 8.56. The minimum atomic E-state index is -4.07. The van der Waals surface area contributed by atoms with E-state index < -0.39 is 43.5 Å². The topological polar surface area (TPSA) is 173 Å². The molecule has 1 fully saturated rings. The Morgan fingerprint density at radius 2 is 1.83 bits per heavy atom. The summed E-state index contributed by atoms with van der Waals surface area (Å²) in [4.78, 5) is 42.9. The molecule has 1 saturated heterocycles. The predicted octanol–water partition coefficient (Wildman–Crippen LogP) is 4.03. The van der Waals surface area contributed by atoms with Crippen LogP contribution in [0.15, 0.2) is 77.7 Å². The Balaban J connectivity index is 1.49. The van der Waals surface area contributed by atoms with Crippen LogP contribution >= 0.6 is 11.3 Å². The zero-order valence-corrected chi connectivity index (χ0v) is 23.1. The molecule has 2 aromatic carbocycles. The monoisotopic (exact) mass is 596 g/mol. The Kier molecular flexibility index (Phi) is 7.71. The second-order valence-corrected chi connectivity index (χ2v) is 13.0. The van der Waals surface area contributed by atoms with Crippen LogP contribution in [0.3, 0.4) is 0 Å². The molecule has 0 saturated carbocycles. The highest BCUT2D eigenvalue weighted by molar-refractivity contribution is 7.92. The van der Waals surface area contributed by atoms with Crippen molar-refractivity contribution in [3.8, 4) is 21.8 Å². The summed E-state index contributed by atoms with van der Waals surface area (Å²) in [6.45, 7) is -0.293. The van der Waals surface area contributed by atoms with Gasteiger partial charge in [-0.25, -0.2) is 18.9 Å². The smallest absolute Gasteiger partial charge is 0.282 e. The molecule has 0 spiro atoms. The maximum Gasteiger partial charge on any atom is 0.282 e. The molecule has 1 aliphatic heterocycles. The van der Waals surface area contributed by atoms with Gasteiger partial charge in [0.25, 0.3) is 11.6 Å². The number of nitrogens with zero attached hydrogens (tertiary/aromatic N) is 3. The van der Waals surface area contributed by atoms with Gasteiger partial charge in [0, 0.05) is 34.5 Å². The lowest BCUT2D eigenvalue weighted by atomic mass is 9.97. The average molecular weight is 597 g/mol. The Bertz CT molecular complexity index is 1700. The third-order valence-electron chi connectivity index (χ3n) is 7.14. The van der Waals surface area contributed by atoms with Crippen molar-refractivity contribution in [2.75, 3.05) is 18.8 Å². The van der Waals surface area contributed by atoms with Gasteiger partial charge in [-0.3, -0.25) is 24.9 Å². The first-order valence-electron chi connectivity index (χ1n) is 12.4. The van der Waals surface area contributed by atoms with E-state index in [0.29, 0.717) is 10.6 Å². The van der Waals surface area contributed by atoms with Crippen molar-refractivity contribution in [2.45, 2.75) is 17.6 Å². The third kappa shape index (κ3) is 5.36. The molecular weight excluding hydrogens is 572 g/mol. The molecule has 3 heterocycles. The number of para-hydroxylation sites is 1. The number of aromatic nitrogens is 1. The van der Waals surface area contributed by atoms with E-state index in [-0.39, 0.29) is 30.8 Å². The van der Waals surface area contributed by atoms with Gasteiger partial charge in [-0.05, 0) is 30.2 Å². The van der Waals surface area contributed by atoms with Crippen LogP contribution in [0.1, 0.15) is 28.1 Å². The van der Waals surface area contributed by atoms with E-state index in [2.05, 4.69) is 4.98 Å². The Hall–Kier alpha value is -4.40. The van der Waals surface area contributed by atoms with E-state index >= 15 is 0 Å². The summed E-state index contributed by atoms with van der Waals surface area (Å²) in [5.41, 5.74) is 2.63. The van der Waals surface area contributed by atoms with E-state index in [9.17, 15) is 33.3 Å². The molecule has 0 bridgehead atoms. The van der Waals surface area contributed by atoms with E-state index in [1.165, 1.54) is 52.4 Å². The summed E-state index contributed by atoms with van der Waals surface area (Å²) in [6.07, 6.45) is 2.21. The molecule has 212 valence electrons. The van der Waals surface area contributed by atoms with E-state index in [0.717, 1.165) is 16.0 Å². The number of hydrogen-bond donors (Lipinski definition) is 2. The molecule has 1 aliphatic rings. The number of nitrogens with one attached hydrogen (secondary N) is 1. The van der Waals surface area contributed by atoms with Gasteiger partial charge in [0.05, 0.1) is 23.3 Å². The number of hydrogen-bond acceptors (Lipinski definition) is 10. The van der Waals surface area contributed by atoms with Gasteiger partial charge in [-0.15, -0.1) is 11.3 Å². The predicted molar refractivity (Wildman–Crippen MR) is 149 cm³/mol. The molecule has 2 aromatic heterocycles. The zero-order chi connectivity index (χ0) is 29.2. The molecule has 4 aromatic rings. The maximum atomic E-state index is 13.9. The van der Waals surface area contributed by atoms with Gasteiger partial charge >= 0.3 is 0 Å². The van der Waals surface area contributed by atoms with E-state index in [4.69, 9.17) is 4.42 Å². The summed E-state index contributed by atoms with van der Waals surface area (Å²) < 4.78 is 31.3. The first kappa shape index (κ1) is 28.1. The van der Waals surface area contributed by atoms with Gasteiger partial charge in [0.1, 0.15) is 10.3 Å². The van der Waals surface area contributed by atoms with Gasteiger partial charge in [0.15, 0.2) is 22.0 Å². The minimum absolute atomic E-state index is 0.0814. The van der Waals surface area contributed by atoms with Crippen LogP contribution in [-0.4, -0.2) is 59.1 Å². The summed E-state index contributed by atoms with van der Waals surface area (Å²) in [5.74, 6) is -1.44. The normalized spacial score (nSPS) is 18.4. The van der Waals surface area contributed by atoms with Crippen molar-refractivity contribution >= 4 is 38.7 Å². The fraction of sp³-hybridized carbons (Fsp3) is 0.222. The van der Waals surface area contributed by atoms with Crippen molar-refractivity contribution in [1.29, 1.82) is 0 Å². The first-order valence-corrected chi connectivity index (χ1v) is 14.9. The molecular formula is C27H24N4O8S2. The summed E-state index contributed by atoms with van der Waals surface area (Å²) in [6, 6.07) is 16.3. The van der Waals surface area contributed by atoms with Crippen molar-refractivity contribution in [1.82, 2.24) is 15.4 Å². The number of thiophene rings is 1. The van der Waals surface area contributed by atoms with Crippen LogP contribution in [0.2, 0.25) is 0 Å². The number of hydroxylamine groups is 1. The minimum Gasteiger partial charge on any atom is -0.444 e. The number of nitro benzene ring substituents is 1. The standard InChI is InChI=1S/C27H24N4O8S2/c32-25(29-34)15-27(24-10-9-23(40-24)19-7-5-18(6-8-19)22-16-28-17-39-22)11-12-30(13-14-41(27,37)38)26(33)20-3-1-2-4-21(20)31(35)36/h1-10,16-17,34H,11-15H2,(H,29,32). The van der Waals surface area contributed by atoms with E-state index in [1.54, 1.807) is 18.3 Å². The Morgan fingerprint density at radius 1 is 1.10 bits per heavy atom. The summed E-state index contributed by atoms with van der Waals surface area (Å²) >= 11 is 1.20. The summed E-state index contributed by atoms with van der Waals surface area (Å²) in [7, 11) is -4.07. The van der Waals surface area contributed by atoms with Gasteiger partial charge in [-0.1, -0.05) is 36.4 Å². The third-order valence-corrected chi connectivity index (χ3v) is 11.1. The number of sulfone groups is 1. The van der Waals surface area contributed by atoms with E-state index in [1.807, 2.05) is 24.3 Å². The molecule has 0 aliphatic carbocycles. The largest absolute Gasteiger partial charge is 0.444 e. The highest BCUT2D eigenvalue weighted by Crippen LogP contribution is 2.45. The molecule has 2 N–H and O–H groups in total. The van der Waals surface area contributed by atoms with Gasteiger partial charge < -0.3 is 9.32 Å². The quantitative estimate of drug-likeness (QED) is 0.181. The van der Waals surface area contributed by atoms with Crippen LogP contribution in [0.25, 0.3) is 21.8 Å². The number of nitro groups is 1. The van der Waals surface area contributed by atoms with Crippen molar-refractivity contribution in [3.05, 3.63) is 93.8 Å². The lowest BCUT2D eigenvalue weighted by molar-refractivity contribution is -0.385. The first-order chi connectivity index (χ1) is 19.6. The molecule has 12 nitrogen and oxygen atoms in total. The van der Waals surface area contributed by atoms with Crippen LogP contribution in [0.4, 0.5) is 5.69 Å². The highest BCUT2D eigenvalue weighted by Gasteiger charge is 2.50. The van der Waals surface area contributed by atoms with Gasteiger partial charge in [-0.2, -0.15) is 0 Å². The molecule has 1 unspecified atom stereocenters. The molecule has 0 radical (unpaired) electrons. The van der Waals surface area contributed by atoms with Crippen molar-refractivity contribution < 1.29 is 32.6 Å². The fourth-order valence-electron chi connectivity index (χ4n) is 4.95. The lowest BCUT2D eigenvalue weighted by Crippen LogP contribution is -2.41. The molecule has 41 heavy (non-hydrogen) atoms. The zero-order valence-electron chi connectivity index (χ0n) is 21.4. The van der Waals surface area contributed by atoms with Crippen LogP contribution in [0.5, 0.6) is 0 Å². The van der Waals surface area contributed by atoms with Crippen LogP contribution in [0, 0.1) is 10.1 Å². The number of oxazole rings is 1. The second-order valence-electron chi connectivity index (χ2n) is 9.45. The van der Waals surface area contributed by atoms with Crippen LogP contribution < -0.4 is 5.48 Å².